The molecule has 0 aromatic carbocycles. The Hall–Kier alpha value is -1.63. The largest absolute Gasteiger partial charge is 0.261 e. The lowest BCUT2D eigenvalue weighted by Gasteiger charge is -2.06. The van der Waals surface area contributed by atoms with E-state index in [1.807, 2.05) is 12.3 Å². The van der Waals surface area contributed by atoms with Crippen molar-refractivity contribution in [2.24, 2.45) is 4.99 Å². The van der Waals surface area contributed by atoms with Gasteiger partial charge in [0.15, 0.2) is 0 Å². The number of hydrogen-bond donors (Lipinski definition) is 0. The van der Waals surface area contributed by atoms with Gasteiger partial charge in [-0.2, -0.15) is 0 Å². The van der Waals surface area contributed by atoms with Crippen LogP contribution in [0.15, 0.2) is 64.9 Å². The summed E-state index contributed by atoms with van der Waals surface area (Å²) < 4.78 is 0. The molecule has 0 spiro atoms. The number of nitrogens with zero attached hydrogens (tertiary/aromatic N) is 1. The van der Waals surface area contributed by atoms with Crippen molar-refractivity contribution in [3.8, 4) is 0 Å². The highest BCUT2D eigenvalue weighted by atomic mass is 14.7. The average molecular weight is 271 g/mol. The molecule has 110 valence electrons. The number of unbranched alkanes of at least 4 members (excludes halogenated alkanes) is 1. The predicted molar refractivity (Wildman–Crippen MR) is 93.2 cm³/mol. The molecule has 20 heavy (non-hydrogen) atoms. The molecule has 0 fully saturated rings. The van der Waals surface area contributed by atoms with Crippen LogP contribution in [0.4, 0.5) is 0 Å². The Balaban J connectivity index is 5.01. The van der Waals surface area contributed by atoms with Crippen molar-refractivity contribution in [1.29, 1.82) is 0 Å². The summed E-state index contributed by atoms with van der Waals surface area (Å²) in [5.41, 5.74) is 4.71. The highest BCUT2D eigenvalue weighted by molar-refractivity contribution is 5.83. The van der Waals surface area contributed by atoms with Gasteiger partial charge in [0.1, 0.15) is 0 Å². The van der Waals surface area contributed by atoms with Gasteiger partial charge in [0.25, 0.3) is 0 Å². The first-order chi connectivity index (χ1) is 9.54. The van der Waals surface area contributed by atoms with Gasteiger partial charge in [0, 0.05) is 11.9 Å². The molecule has 0 aliphatic heterocycles. The van der Waals surface area contributed by atoms with E-state index in [0.29, 0.717) is 0 Å². The predicted octanol–water partition coefficient (Wildman–Crippen LogP) is 6.18. The first-order valence-corrected chi connectivity index (χ1v) is 7.41. The third kappa shape index (κ3) is 8.47. The van der Waals surface area contributed by atoms with Gasteiger partial charge in [-0.25, -0.2) is 0 Å². The van der Waals surface area contributed by atoms with Crippen LogP contribution >= 0.6 is 0 Å². The van der Waals surface area contributed by atoms with Crippen LogP contribution in [0.25, 0.3) is 0 Å². The van der Waals surface area contributed by atoms with E-state index in [1.165, 1.54) is 11.1 Å². The van der Waals surface area contributed by atoms with E-state index in [-0.39, 0.29) is 0 Å². The zero-order chi connectivity index (χ0) is 15.4. The Labute approximate surface area is 125 Å². The fraction of sp³-hybridized carbons (Fsp3) is 0.421. The summed E-state index contributed by atoms with van der Waals surface area (Å²) in [5.74, 6) is 0. The molecule has 0 rings (SSSR count). The van der Waals surface area contributed by atoms with Gasteiger partial charge < -0.3 is 0 Å². The maximum absolute atomic E-state index is 4.59. The molecule has 1 nitrogen and oxygen atoms in total. The Bertz CT molecular complexity index is 431. The second-order valence-electron chi connectivity index (χ2n) is 5.03. The molecule has 1 heteroatoms. The van der Waals surface area contributed by atoms with Gasteiger partial charge in [-0.05, 0) is 44.3 Å². The van der Waals surface area contributed by atoms with Crippen LogP contribution < -0.4 is 0 Å². The molecule has 0 N–H and O–H groups in total. The highest BCUT2D eigenvalue weighted by Crippen LogP contribution is 2.18. The smallest absolute Gasteiger partial charge is 0.0368 e. The van der Waals surface area contributed by atoms with Crippen molar-refractivity contribution >= 4 is 6.21 Å². The molecule has 0 heterocycles. The second kappa shape index (κ2) is 11.2. The average Bonchev–Trinajstić information content (AvgIpc) is 2.41. The van der Waals surface area contributed by atoms with Gasteiger partial charge in [-0.15, -0.1) is 0 Å². The van der Waals surface area contributed by atoms with Gasteiger partial charge in [0.05, 0.1) is 0 Å². The second-order valence-corrected chi connectivity index (χ2v) is 5.03. The quantitative estimate of drug-likeness (QED) is 0.270. The molecule has 0 atom stereocenters. The number of allylic oxidation sites excluding steroid dienone is 8. The number of hydrogen-bond acceptors (Lipinski definition) is 1. The molecule has 0 saturated heterocycles. The van der Waals surface area contributed by atoms with Crippen molar-refractivity contribution in [2.75, 3.05) is 0 Å². The summed E-state index contributed by atoms with van der Waals surface area (Å²) in [4.78, 5) is 4.59. The highest BCUT2D eigenvalue weighted by Gasteiger charge is 1.99. The van der Waals surface area contributed by atoms with Gasteiger partial charge in [-0.1, -0.05) is 63.3 Å². The van der Waals surface area contributed by atoms with Crippen LogP contribution in [-0.4, -0.2) is 6.21 Å². The molecule has 0 aromatic heterocycles. The minimum atomic E-state index is 0.936. The maximum atomic E-state index is 4.59. The van der Waals surface area contributed by atoms with Gasteiger partial charge >= 0.3 is 0 Å². The fourth-order valence-electron chi connectivity index (χ4n) is 1.80. The normalized spacial score (nSPS) is 13.9. The van der Waals surface area contributed by atoms with E-state index in [9.17, 15) is 0 Å². The van der Waals surface area contributed by atoms with Crippen molar-refractivity contribution in [3.05, 3.63) is 59.9 Å². The lowest BCUT2D eigenvalue weighted by Crippen LogP contribution is -1.89. The zero-order valence-corrected chi connectivity index (χ0v) is 13.6. The maximum Gasteiger partial charge on any atom is 0.0368 e. The molecule has 0 amide bonds. The Morgan fingerprint density at radius 2 is 1.90 bits per heavy atom. The molecule has 0 saturated carbocycles. The Kier molecular flexibility index (Phi) is 10.3. The van der Waals surface area contributed by atoms with Crippen LogP contribution in [0, 0.1) is 0 Å². The minimum Gasteiger partial charge on any atom is -0.261 e. The molecular weight excluding hydrogens is 242 g/mol. The monoisotopic (exact) mass is 271 g/mol. The standard InChI is InChI=1S/C19H29N/c1-7-10-11-13-18(12-8-2)15-20-17(6)19(9-3)14-16(4)5/h8,11-13,15H,2,4,7,9-10,14H2,1,3,5-6H3/b13-11-,18-12+,19-17-,20-15-. The fourth-order valence-corrected chi connectivity index (χ4v) is 1.80. The first kappa shape index (κ1) is 18.4. The Morgan fingerprint density at radius 1 is 1.20 bits per heavy atom. The SMILES string of the molecule is C=C/C=C(\C=C/CCC)/C=N\C(C)=C(\CC)CC(=C)C. The van der Waals surface area contributed by atoms with Crippen LogP contribution in [0.3, 0.4) is 0 Å². The van der Waals surface area contributed by atoms with Crippen LogP contribution in [0.1, 0.15) is 53.4 Å². The minimum absolute atomic E-state index is 0.936. The molecule has 0 aliphatic carbocycles. The summed E-state index contributed by atoms with van der Waals surface area (Å²) in [6.45, 7) is 16.2. The first-order valence-electron chi connectivity index (χ1n) is 7.41. The van der Waals surface area contributed by atoms with Crippen LogP contribution in [0.5, 0.6) is 0 Å². The molecule has 0 radical (unpaired) electrons. The summed E-state index contributed by atoms with van der Waals surface area (Å²) in [6.07, 6.45) is 14.2. The van der Waals surface area contributed by atoms with E-state index < -0.39 is 0 Å². The third-order valence-electron chi connectivity index (χ3n) is 2.94. The summed E-state index contributed by atoms with van der Waals surface area (Å²) >= 11 is 0. The third-order valence-corrected chi connectivity index (χ3v) is 2.94. The number of aliphatic imine (C=N–C) groups is 1. The van der Waals surface area contributed by atoms with Gasteiger partial charge in [-0.3, -0.25) is 4.99 Å². The van der Waals surface area contributed by atoms with Crippen molar-refractivity contribution < 1.29 is 0 Å². The molecular formula is C19H29N. The summed E-state index contributed by atoms with van der Waals surface area (Å²) in [5, 5.41) is 0. The zero-order valence-electron chi connectivity index (χ0n) is 13.6. The topological polar surface area (TPSA) is 12.4 Å². The van der Waals surface area contributed by atoms with E-state index >= 15 is 0 Å². The van der Waals surface area contributed by atoms with Crippen molar-refractivity contribution in [3.63, 3.8) is 0 Å². The van der Waals surface area contributed by atoms with Crippen LogP contribution in [0.2, 0.25) is 0 Å². The summed E-state index contributed by atoms with van der Waals surface area (Å²) in [6, 6.07) is 0. The summed E-state index contributed by atoms with van der Waals surface area (Å²) in [7, 11) is 0. The van der Waals surface area contributed by atoms with E-state index in [2.05, 4.69) is 58.0 Å². The van der Waals surface area contributed by atoms with Gasteiger partial charge in [0.2, 0.25) is 0 Å². The van der Waals surface area contributed by atoms with E-state index in [1.54, 1.807) is 6.08 Å². The van der Waals surface area contributed by atoms with Crippen LogP contribution in [-0.2, 0) is 0 Å². The lowest BCUT2D eigenvalue weighted by atomic mass is 10.0. The molecule has 0 aromatic rings. The molecule has 0 unspecified atom stereocenters. The number of rotatable bonds is 9. The lowest BCUT2D eigenvalue weighted by molar-refractivity contribution is 0.952. The van der Waals surface area contributed by atoms with Crippen molar-refractivity contribution in [2.45, 2.75) is 53.4 Å². The van der Waals surface area contributed by atoms with E-state index in [4.69, 9.17) is 0 Å². The van der Waals surface area contributed by atoms with Crippen molar-refractivity contribution in [1.82, 2.24) is 0 Å². The Morgan fingerprint density at radius 3 is 2.40 bits per heavy atom. The molecule has 0 aliphatic rings. The van der Waals surface area contributed by atoms with E-state index in [0.717, 1.165) is 37.0 Å². The molecule has 0 bridgehead atoms.